The van der Waals surface area contributed by atoms with Crippen LogP contribution in [0.3, 0.4) is 0 Å². The van der Waals surface area contributed by atoms with Crippen molar-refractivity contribution in [1.82, 2.24) is 0 Å². The van der Waals surface area contributed by atoms with Crippen molar-refractivity contribution in [3.05, 3.63) is 0 Å². The van der Waals surface area contributed by atoms with E-state index in [2.05, 4.69) is 0 Å². The van der Waals surface area contributed by atoms with Gasteiger partial charge in [0.05, 0.1) is 12.7 Å². The maximum atomic E-state index is 9.87. The molecule has 1 fully saturated rings. The molecule has 1 atom stereocenters. The number of aliphatic hydroxyl groups excluding tert-OH is 1. The number of hydrogen-bond acceptors (Lipinski definition) is 3. The predicted molar refractivity (Wildman–Crippen MR) is 59.9 cm³/mol. The molecule has 1 aliphatic rings. The molecule has 0 spiro atoms. The van der Waals surface area contributed by atoms with Crippen LogP contribution in [0.15, 0.2) is 0 Å². The number of methoxy groups -OCH3 is 1. The summed E-state index contributed by atoms with van der Waals surface area (Å²) in [6.45, 7) is 1.92. The first kappa shape index (κ1) is 12.9. The van der Waals surface area contributed by atoms with Crippen molar-refractivity contribution < 1.29 is 14.6 Å². The summed E-state index contributed by atoms with van der Waals surface area (Å²) in [6, 6.07) is 0. The van der Waals surface area contributed by atoms with Crippen LogP contribution in [0.2, 0.25) is 0 Å². The van der Waals surface area contributed by atoms with E-state index in [9.17, 15) is 5.11 Å². The second kappa shape index (κ2) is 8.08. The van der Waals surface area contributed by atoms with Gasteiger partial charge in [-0.25, -0.2) is 0 Å². The Bertz CT molecular complexity index is 144. The average Bonchev–Trinajstić information content (AvgIpc) is 2.30. The number of rotatable bonds is 7. The Morgan fingerprint density at radius 3 is 2.60 bits per heavy atom. The van der Waals surface area contributed by atoms with Crippen molar-refractivity contribution in [2.24, 2.45) is 5.92 Å². The van der Waals surface area contributed by atoms with Gasteiger partial charge in [0.15, 0.2) is 0 Å². The monoisotopic (exact) mass is 216 g/mol. The van der Waals surface area contributed by atoms with E-state index >= 15 is 0 Å². The summed E-state index contributed by atoms with van der Waals surface area (Å²) in [5.41, 5.74) is 0. The third-order valence-electron chi connectivity index (χ3n) is 3.12. The van der Waals surface area contributed by atoms with Crippen molar-refractivity contribution >= 4 is 0 Å². The van der Waals surface area contributed by atoms with Crippen molar-refractivity contribution in [3.63, 3.8) is 0 Å². The molecule has 0 radical (unpaired) electrons. The lowest BCUT2D eigenvalue weighted by Crippen LogP contribution is -2.27. The lowest BCUT2D eigenvalue weighted by atomic mass is 9.85. The standard InChI is InChI=1S/C12H24O3/c1-14-8-5-9-15-10-12(13)11-6-3-2-4-7-11/h11-13H,2-10H2,1H3. The van der Waals surface area contributed by atoms with Gasteiger partial charge < -0.3 is 14.6 Å². The Morgan fingerprint density at radius 2 is 1.93 bits per heavy atom. The van der Waals surface area contributed by atoms with Gasteiger partial charge in [0, 0.05) is 20.3 Å². The first-order chi connectivity index (χ1) is 7.34. The molecule has 1 unspecified atom stereocenters. The molecule has 0 saturated heterocycles. The Labute approximate surface area is 92.8 Å². The molecule has 0 aromatic carbocycles. The third-order valence-corrected chi connectivity index (χ3v) is 3.12. The minimum Gasteiger partial charge on any atom is -0.390 e. The Balaban J connectivity index is 1.99. The predicted octanol–water partition coefficient (Wildman–Crippen LogP) is 1.98. The molecule has 0 aromatic heterocycles. The first-order valence-corrected chi connectivity index (χ1v) is 6.09. The van der Waals surface area contributed by atoms with Gasteiger partial charge in [-0.05, 0) is 25.2 Å². The summed E-state index contributed by atoms with van der Waals surface area (Å²) >= 11 is 0. The molecule has 3 heteroatoms. The summed E-state index contributed by atoms with van der Waals surface area (Å²) in [5.74, 6) is 0.473. The van der Waals surface area contributed by atoms with Gasteiger partial charge >= 0.3 is 0 Å². The van der Waals surface area contributed by atoms with Gasteiger partial charge in [0.2, 0.25) is 0 Å². The van der Waals surface area contributed by atoms with Crippen molar-refractivity contribution in [3.8, 4) is 0 Å². The fraction of sp³-hybridized carbons (Fsp3) is 1.00. The molecule has 15 heavy (non-hydrogen) atoms. The van der Waals surface area contributed by atoms with E-state index in [-0.39, 0.29) is 6.10 Å². The molecule has 0 aromatic rings. The SMILES string of the molecule is COCCCOCC(O)C1CCCCC1. The number of ether oxygens (including phenoxy) is 2. The highest BCUT2D eigenvalue weighted by atomic mass is 16.5. The molecule has 0 aliphatic heterocycles. The maximum absolute atomic E-state index is 9.87. The van der Waals surface area contributed by atoms with Crippen LogP contribution in [-0.2, 0) is 9.47 Å². The largest absolute Gasteiger partial charge is 0.390 e. The third kappa shape index (κ3) is 5.50. The van der Waals surface area contributed by atoms with Crippen LogP contribution in [-0.4, -0.2) is 38.1 Å². The molecular weight excluding hydrogens is 192 g/mol. The van der Waals surface area contributed by atoms with Crippen molar-refractivity contribution in [1.29, 1.82) is 0 Å². The Kier molecular flexibility index (Phi) is 6.98. The smallest absolute Gasteiger partial charge is 0.0801 e. The average molecular weight is 216 g/mol. The quantitative estimate of drug-likeness (QED) is 0.661. The number of hydrogen-bond donors (Lipinski definition) is 1. The van der Waals surface area contributed by atoms with Crippen LogP contribution in [0.4, 0.5) is 0 Å². The number of aliphatic hydroxyl groups is 1. The van der Waals surface area contributed by atoms with E-state index < -0.39 is 0 Å². The lowest BCUT2D eigenvalue weighted by Gasteiger charge is -2.26. The van der Waals surface area contributed by atoms with Crippen LogP contribution >= 0.6 is 0 Å². The zero-order chi connectivity index (χ0) is 10.9. The van der Waals surface area contributed by atoms with Gasteiger partial charge in [-0.2, -0.15) is 0 Å². The summed E-state index contributed by atoms with van der Waals surface area (Å²) in [5, 5.41) is 9.87. The molecular formula is C12H24O3. The molecule has 1 N–H and O–H groups in total. The van der Waals surface area contributed by atoms with Crippen LogP contribution in [0.25, 0.3) is 0 Å². The van der Waals surface area contributed by atoms with Crippen LogP contribution in [0.5, 0.6) is 0 Å². The Hall–Kier alpha value is -0.120. The topological polar surface area (TPSA) is 38.7 Å². The normalized spacial score (nSPS) is 20.4. The van der Waals surface area contributed by atoms with E-state index in [0.717, 1.165) is 13.0 Å². The van der Waals surface area contributed by atoms with Gasteiger partial charge in [0.1, 0.15) is 0 Å². The fourth-order valence-electron chi connectivity index (χ4n) is 2.16. The van der Waals surface area contributed by atoms with Crippen molar-refractivity contribution in [2.75, 3.05) is 26.9 Å². The van der Waals surface area contributed by atoms with E-state index in [1.54, 1.807) is 7.11 Å². The van der Waals surface area contributed by atoms with Gasteiger partial charge in [0.25, 0.3) is 0 Å². The highest BCUT2D eigenvalue weighted by molar-refractivity contribution is 4.72. The highest BCUT2D eigenvalue weighted by Gasteiger charge is 2.21. The molecule has 1 rings (SSSR count). The zero-order valence-electron chi connectivity index (χ0n) is 9.78. The maximum Gasteiger partial charge on any atom is 0.0801 e. The zero-order valence-corrected chi connectivity index (χ0v) is 9.78. The summed E-state index contributed by atoms with van der Waals surface area (Å²) in [6.07, 6.45) is 6.86. The van der Waals surface area contributed by atoms with Crippen molar-refractivity contribution in [2.45, 2.75) is 44.6 Å². The molecule has 3 nitrogen and oxygen atoms in total. The minimum absolute atomic E-state index is 0.257. The first-order valence-electron chi connectivity index (χ1n) is 6.09. The summed E-state index contributed by atoms with van der Waals surface area (Å²) < 4.78 is 10.3. The molecule has 90 valence electrons. The second-order valence-corrected chi connectivity index (χ2v) is 4.39. The highest BCUT2D eigenvalue weighted by Crippen LogP contribution is 2.26. The van der Waals surface area contributed by atoms with Crippen LogP contribution in [0.1, 0.15) is 38.5 Å². The van der Waals surface area contributed by atoms with Crippen LogP contribution in [0, 0.1) is 5.92 Å². The lowest BCUT2D eigenvalue weighted by molar-refractivity contribution is -0.00900. The van der Waals surface area contributed by atoms with E-state index in [1.807, 2.05) is 0 Å². The molecule has 1 saturated carbocycles. The summed E-state index contributed by atoms with van der Waals surface area (Å²) in [4.78, 5) is 0. The Morgan fingerprint density at radius 1 is 1.20 bits per heavy atom. The van der Waals surface area contributed by atoms with Gasteiger partial charge in [-0.3, -0.25) is 0 Å². The van der Waals surface area contributed by atoms with E-state index in [1.165, 1.54) is 32.1 Å². The summed E-state index contributed by atoms with van der Waals surface area (Å²) in [7, 11) is 1.69. The fourth-order valence-corrected chi connectivity index (χ4v) is 2.16. The van der Waals surface area contributed by atoms with Gasteiger partial charge in [-0.15, -0.1) is 0 Å². The second-order valence-electron chi connectivity index (χ2n) is 4.39. The van der Waals surface area contributed by atoms with E-state index in [4.69, 9.17) is 9.47 Å². The molecule has 0 bridgehead atoms. The molecule has 1 aliphatic carbocycles. The van der Waals surface area contributed by atoms with Crippen LogP contribution < -0.4 is 0 Å². The van der Waals surface area contributed by atoms with Gasteiger partial charge in [-0.1, -0.05) is 19.3 Å². The van der Waals surface area contributed by atoms with E-state index in [0.29, 0.717) is 19.1 Å². The molecule has 0 heterocycles. The minimum atomic E-state index is -0.257. The molecule has 0 amide bonds.